The summed E-state index contributed by atoms with van der Waals surface area (Å²) in [5.41, 5.74) is 0.287. The van der Waals surface area contributed by atoms with E-state index < -0.39 is 0 Å². The van der Waals surface area contributed by atoms with Crippen LogP contribution in [0.3, 0.4) is 0 Å². The summed E-state index contributed by atoms with van der Waals surface area (Å²) in [6.45, 7) is 4.82. The predicted octanol–water partition coefficient (Wildman–Crippen LogP) is 1.75. The average Bonchev–Trinajstić information content (AvgIpc) is 2.19. The maximum atomic E-state index is 8.73. The summed E-state index contributed by atoms with van der Waals surface area (Å²) in [6, 6.07) is 3.64. The Hall–Kier alpha value is -1.76. The van der Waals surface area contributed by atoms with E-state index in [0.29, 0.717) is 24.7 Å². The average molecular weight is 192 g/mol. The summed E-state index contributed by atoms with van der Waals surface area (Å²) >= 11 is 0. The van der Waals surface area contributed by atoms with Gasteiger partial charge in [-0.3, -0.25) is 0 Å². The molecule has 14 heavy (non-hydrogen) atoms. The molecule has 1 heterocycles. The molecule has 4 nitrogen and oxygen atoms in total. The molecule has 0 radical (unpaired) electrons. The molecule has 0 aliphatic carbocycles. The van der Waals surface area contributed by atoms with E-state index >= 15 is 0 Å². The van der Waals surface area contributed by atoms with Gasteiger partial charge in [0.25, 0.3) is 0 Å². The minimum absolute atomic E-state index is 0.287. The Bertz CT molecular complexity index is 344. The van der Waals surface area contributed by atoms with Gasteiger partial charge in [-0.1, -0.05) is 0 Å². The molecule has 0 fully saturated rings. The molecule has 0 saturated heterocycles. The summed E-state index contributed by atoms with van der Waals surface area (Å²) in [5.74, 6) is 1.09. The Kier molecular flexibility index (Phi) is 3.74. The summed E-state index contributed by atoms with van der Waals surface area (Å²) in [7, 11) is 0. The maximum Gasteiger partial charge on any atom is 0.182 e. The molecule has 0 aromatic carbocycles. The molecule has 1 aromatic rings. The fraction of sp³-hybridized carbons (Fsp3) is 0.400. The normalized spacial score (nSPS) is 9.21. The third-order valence-corrected chi connectivity index (χ3v) is 1.54. The van der Waals surface area contributed by atoms with E-state index in [0.717, 1.165) is 0 Å². The lowest BCUT2D eigenvalue weighted by Gasteiger charge is -2.07. The van der Waals surface area contributed by atoms with Gasteiger partial charge in [0, 0.05) is 6.07 Å². The van der Waals surface area contributed by atoms with Crippen LogP contribution in [-0.4, -0.2) is 18.2 Å². The highest BCUT2D eigenvalue weighted by Crippen LogP contribution is 2.21. The number of pyridine rings is 1. The van der Waals surface area contributed by atoms with Crippen LogP contribution in [0.25, 0.3) is 0 Å². The van der Waals surface area contributed by atoms with Crippen LogP contribution in [0.1, 0.15) is 19.5 Å². The van der Waals surface area contributed by atoms with Crippen molar-refractivity contribution in [3.63, 3.8) is 0 Å². The standard InChI is InChI=1S/C10H12N2O2/c1-3-13-8-5-10(14-4-2)9(6-11)12-7-8/h5,7H,3-4H2,1-2H3. The van der Waals surface area contributed by atoms with Gasteiger partial charge >= 0.3 is 0 Å². The van der Waals surface area contributed by atoms with Crippen LogP contribution in [0.15, 0.2) is 12.3 Å². The van der Waals surface area contributed by atoms with Gasteiger partial charge in [0.05, 0.1) is 19.4 Å². The fourth-order valence-electron chi connectivity index (χ4n) is 1.02. The van der Waals surface area contributed by atoms with E-state index in [-0.39, 0.29) is 5.69 Å². The highest BCUT2D eigenvalue weighted by molar-refractivity contribution is 5.41. The monoisotopic (exact) mass is 192 g/mol. The SMILES string of the molecule is CCOc1cnc(C#N)c(OCC)c1. The Balaban J connectivity index is 2.96. The quantitative estimate of drug-likeness (QED) is 0.729. The molecule has 0 saturated carbocycles. The van der Waals surface area contributed by atoms with Gasteiger partial charge < -0.3 is 9.47 Å². The zero-order valence-electron chi connectivity index (χ0n) is 8.28. The van der Waals surface area contributed by atoms with Crippen LogP contribution < -0.4 is 9.47 Å². The van der Waals surface area contributed by atoms with Crippen LogP contribution in [-0.2, 0) is 0 Å². The molecule has 0 aliphatic rings. The van der Waals surface area contributed by atoms with Crippen molar-refractivity contribution in [2.24, 2.45) is 0 Å². The van der Waals surface area contributed by atoms with E-state index in [4.69, 9.17) is 14.7 Å². The molecule has 1 rings (SSSR count). The van der Waals surface area contributed by atoms with E-state index in [2.05, 4.69) is 4.98 Å². The Morgan fingerprint density at radius 3 is 2.64 bits per heavy atom. The number of hydrogen-bond donors (Lipinski definition) is 0. The van der Waals surface area contributed by atoms with Crippen molar-refractivity contribution in [2.75, 3.05) is 13.2 Å². The first-order chi connectivity index (χ1) is 6.81. The second kappa shape index (κ2) is 5.07. The summed E-state index contributed by atoms with van der Waals surface area (Å²) in [6.07, 6.45) is 1.52. The van der Waals surface area contributed by atoms with E-state index in [1.807, 2.05) is 19.9 Å². The Labute approximate surface area is 83.1 Å². The van der Waals surface area contributed by atoms with E-state index in [1.54, 1.807) is 6.07 Å². The first-order valence-corrected chi connectivity index (χ1v) is 4.47. The van der Waals surface area contributed by atoms with Crippen molar-refractivity contribution in [1.29, 1.82) is 5.26 Å². The first-order valence-electron chi connectivity index (χ1n) is 4.47. The van der Waals surface area contributed by atoms with Crippen molar-refractivity contribution >= 4 is 0 Å². The van der Waals surface area contributed by atoms with Crippen molar-refractivity contribution in [3.8, 4) is 17.6 Å². The molecule has 74 valence electrons. The third-order valence-electron chi connectivity index (χ3n) is 1.54. The van der Waals surface area contributed by atoms with Gasteiger partial charge in [-0.2, -0.15) is 5.26 Å². The minimum Gasteiger partial charge on any atom is -0.492 e. The number of rotatable bonds is 4. The number of nitrogens with zero attached hydrogens (tertiary/aromatic N) is 2. The van der Waals surface area contributed by atoms with Crippen molar-refractivity contribution in [2.45, 2.75) is 13.8 Å². The van der Waals surface area contributed by atoms with E-state index in [1.165, 1.54) is 6.20 Å². The number of hydrogen-bond acceptors (Lipinski definition) is 4. The highest BCUT2D eigenvalue weighted by atomic mass is 16.5. The van der Waals surface area contributed by atoms with Crippen LogP contribution in [0.5, 0.6) is 11.5 Å². The van der Waals surface area contributed by atoms with Crippen molar-refractivity contribution in [3.05, 3.63) is 18.0 Å². The van der Waals surface area contributed by atoms with Crippen LogP contribution in [0, 0.1) is 11.3 Å². The summed E-state index contributed by atoms with van der Waals surface area (Å²) < 4.78 is 10.5. The van der Waals surface area contributed by atoms with Gasteiger partial charge in [-0.05, 0) is 13.8 Å². The van der Waals surface area contributed by atoms with Crippen molar-refractivity contribution in [1.82, 2.24) is 4.98 Å². The highest BCUT2D eigenvalue weighted by Gasteiger charge is 2.05. The van der Waals surface area contributed by atoms with Crippen LogP contribution in [0.2, 0.25) is 0 Å². The van der Waals surface area contributed by atoms with Crippen LogP contribution in [0.4, 0.5) is 0 Å². The topological polar surface area (TPSA) is 55.1 Å². The lowest BCUT2D eigenvalue weighted by molar-refractivity contribution is 0.320. The lowest BCUT2D eigenvalue weighted by Crippen LogP contribution is -1.99. The fourth-order valence-corrected chi connectivity index (χ4v) is 1.02. The first kappa shape index (κ1) is 10.3. The molecule has 0 bridgehead atoms. The number of nitriles is 1. The molecular formula is C10H12N2O2. The third kappa shape index (κ3) is 2.36. The zero-order valence-corrected chi connectivity index (χ0v) is 8.28. The van der Waals surface area contributed by atoms with Gasteiger partial charge in [-0.15, -0.1) is 0 Å². The predicted molar refractivity (Wildman–Crippen MR) is 51.3 cm³/mol. The molecule has 0 spiro atoms. The minimum atomic E-state index is 0.287. The van der Waals surface area contributed by atoms with Gasteiger partial charge in [-0.25, -0.2) is 4.98 Å². The maximum absolute atomic E-state index is 8.73. The zero-order chi connectivity index (χ0) is 10.4. The van der Waals surface area contributed by atoms with Crippen molar-refractivity contribution < 1.29 is 9.47 Å². The number of ether oxygens (including phenoxy) is 2. The largest absolute Gasteiger partial charge is 0.492 e. The van der Waals surface area contributed by atoms with Gasteiger partial charge in [0.15, 0.2) is 11.4 Å². The van der Waals surface area contributed by atoms with Crippen LogP contribution >= 0.6 is 0 Å². The molecule has 0 N–H and O–H groups in total. The Morgan fingerprint density at radius 1 is 1.36 bits per heavy atom. The molecule has 4 heteroatoms. The molecule has 0 unspecified atom stereocenters. The molecule has 1 aromatic heterocycles. The summed E-state index contributed by atoms with van der Waals surface area (Å²) in [4.78, 5) is 3.92. The summed E-state index contributed by atoms with van der Waals surface area (Å²) in [5, 5.41) is 8.73. The second-order valence-electron chi connectivity index (χ2n) is 2.50. The van der Waals surface area contributed by atoms with Gasteiger partial charge in [0.2, 0.25) is 0 Å². The lowest BCUT2D eigenvalue weighted by atomic mass is 10.3. The molecular weight excluding hydrogens is 180 g/mol. The molecule has 0 amide bonds. The van der Waals surface area contributed by atoms with E-state index in [9.17, 15) is 0 Å². The Morgan fingerprint density at radius 2 is 2.07 bits per heavy atom. The number of aromatic nitrogens is 1. The van der Waals surface area contributed by atoms with Gasteiger partial charge in [0.1, 0.15) is 11.8 Å². The molecule has 0 atom stereocenters. The smallest absolute Gasteiger partial charge is 0.182 e. The second-order valence-corrected chi connectivity index (χ2v) is 2.50. The molecule has 0 aliphatic heterocycles.